The van der Waals surface area contributed by atoms with E-state index in [9.17, 15) is 0 Å². The van der Waals surface area contributed by atoms with Crippen LogP contribution in [0.3, 0.4) is 0 Å². The van der Waals surface area contributed by atoms with E-state index in [4.69, 9.17) is 9.47 Å². The van der Waals surface area contributed by atoms with Gasteiger partial charge in [-0.1, -0.05) is 13.8 Å². The number of hydrogen-bond donors (Lipinski definition) is 1. The summed E-state index contributed by atoms with van der Waals surface area (Å²) in [7, 11) is 3.71. The van der Waals surface area contributed by atoms with E-state index in [1.165, 1.54) is 6.42 Å². The Labute approximate surface area is 94.5 Å². The van der Waals surface area contributed by atoms with Crippen LogP contribution in [0.2, 0.25) is 0 Å². The third kappa shape index (κ3) is 8.85. The molecule has 92 valence electrons. The summed E-state index contributed by atoms with van der Waals surface area (Å²) in [4.78, 5) is 0. The molecule has 3 nitrogen and oxygen atoms in total. The largest absolute Gasteiger partial charge is 0.382 e. The highest BCUT2D eigenvalue weighted by atomic mass is 16.5. The Morgan fingerprint density at radius 1 is 1.07 bits per heavy atom. The fourth-order valence-electron chi connectivity index (χ4n) is 1.56. The highest BCUT2D eigenvalue weighted by molar-refractivity contribution is 4.63. The average molecular weight is 217 g/mol. The van der Waals surface area contributed by atoms with Gasteiger partial charge in [0.15, 0.2) is 0 Å². The Bertz CT molecular complexity index is 131. The van der Waals surface area contributed by atoms with Crippen LogP contribution in [-0.2, 0) is 9.47 Å². The lowest BCUT2D eigenvalue weighted by molar-refractivity contribution is 0.0665. The number of rotatable bonds is 10. The zero-order valence-corrected chi connectivity index (χ0v) is 10.7. The minimum Gasteiger partial charge on any atom is -0.382 e. The Morgan fingerprint density at radius 2 is 1.80 bits per heavy atom. The zero-order chi connectivity index (χ0) is 11.5. The molecule has 0 rings (SSSR count). The Morgan fingerprint density at radius 3 is 2.40 bits per heavy atom. The first-order chi connectivity index (χ1) is 7.22. The van der Waals surface area contributed by atoms with E-state index < -0.39 is 0 Å². The summed E-state index contributed by atoms with van der Waals surface area (Å²) in [6, 6.07) is 0. The second-order valence-corrected chi connectivity index (χ2v) is 4.26. The second-order valence-electron chi connectivity index (χ2n) is 4.26. The summed E-state index contributed by atoms with van der Waals surface area (Å²) in [5, 5.41) is 3.22. The summed E-state index contributed by atoms with van der Waals surface area (Å²) >= 11 is 0. The molecule has 2 atom stereocenters. The van der Waals surface area contributed by atoms with Gasteiger partial charge in [-0.25, -0.2) is 0 Å². The molecule has 0 aromatic carbocycles. The monoisotopic (exact) mass is 217 g/mol. The van der Waals surface area contributed by atoms with Crippen LogP contribution in [0.5, 0.6) is 0 Å². The van der Waals surface area contributed by atoms with Crippen LogP contribution in [0.1, 0.15) is 26.7 Å². The lowest BCUT2D eigenvalue weighted by atomic mass is 9.92. The first kappa shape index (κ1) is 14.9. The average Bonchev–Trinajstić information content (AvgIpc) is 2.23. The summed E-state index contributed by atoms with van der Waals surface area (Å²) in [5.41, 5.74) is 0. The van der Waals surface area contributed by atoms with Crippen molar-refractivity contribution in [3.8, 4) is 0 Å². The summed E-state index contributed by atoms with van der Waals surface area (Å²) in [6.45, 7) is 8.00. The summed E-state index contributed by atoms with van der Waals surface area (Å²) < 4.78 is 10.3. The predicted molar refractivity (Wildman–Crippen MR) is 64.2 cm³/mol. The van der Waals surface area contributed by atoms with Gasteiger partial charge in [-0.3, -0.25) is 0 Å². The molecule has 0 saturated heterocycles. The molecule has 0 aromatic heterocycles. The van der Waals surface area contributed by atoms with Crippen molar-refractivity contribution in [2.75, 3.05) is 40.5 Å². The molecule has 0 heterocycles. The molecule has 0 fully saturated rings. The molecule has 2 unspecified atom stereocenters. The van der Waals surface area contributed by atoms with Crippen molar-refractivity contribution in [1.29, 1.82) is 0 Å². The van der Waals surface area contributed by atoms with E-state index in [1.807, 2.05) is 7.05 Å². The minimum absolute atomic E-state index is 0.700. The van der Waals surface area contributed by atoms with Gasteiger partial charge in [0.1, 0.15) is 0 Å². The van der Waals surface area contributed by atoms with Gasteiger partial charge in [0.05, 0.1) is 13.2 Å². The van der Waals surface area contributed by atoms with Crippen LogP contribution in [0.15, 0.2) is 0 Å². The molecule has 0 aliphatic rings. The highest BCUT2D eigenvalue weighted by Gasteiger charge is 2.10. The topological polar surface area (TPSA) is 30.5 Å². The van der Waals surface area contributed by atoms with E-state index >= 15 is 0 Å². The van der Waals surface area contributed by atoms with E-state index in [-0.39, 0.29) is 0 Å². The summed E-state index contributed by atoms with van der Waals surface area (Å²) in [6.07, 6.45) is 2.40. The van der Waals surface area contributed by atoms with Crippen molar-refractivity contribution < 1.29 is 9.47 Å². The molecule has 0 aromatic rings. The molecule has 0 amide bonds. The molecule has 0 aliphatic carbocycles. The van der Waals surface area contributed by atoms with Crippen LogP contribution in [-0.4, -0.2) is 40.5 Å². The highest BCUT2D eigenvalue weighted by Crippen LogP contribution is 2.15. The predicted octanol–water partition coefficient (Wildman–Crippen LogP) is 1.92. The van der Waals surface area contributed by atoms with Crippen molar-refractivity contribution in [3.63, 3.8) is 0 Å². The minimum atomic E-state index is 0.700. The molecule has 0 spiro atoms. The second kappa shape index (κ2) is 10.4. The molecular weight excluding hydrogens is 190 g/mol. The normalized spacial score (nSPS) is 15.2. The van der Waals surface area contributed by atoms with Crippen molar-refractivity contribution in [2.45, 2.75) is 26.7 Å². The molecular formula is C12H27NO2. The number of methoxy groups -OCH3 is 1. The molecule has 15 heavy (non-hydrogen) atoms. The number of nitrogens with one attached hydrogen (secondary N) is 1. The zero-order valence-electron chi connectivity index (χ0n) is 10.7. The SMILES string of the molecule is CNCC(C)C(C)CCCOCCOC. The van der Waals surface area contributed by atoms with E-state index in [0.717, 1.165) is 38.0 Å². The van der Waals surface area contributed by atoms with E-state index in [1.54, 1.807) is 7.11 Å². The van der Waals surface area contributed by atoms with E-state index in [0.29, 0.717) is 6.61 Å². The molecule has 3 heteroatoms. The van der Waals surface area contributed by atoms with Crippen molar-refractivity contribution in [1.82, 2.24) is 5.32 Å². The van der Waals surface area contributed by atoms with E-state index in [2.05, 4.69) is 19.2 Å². The fraction of sp³-hybridized carbons (Fsp3) is 1.00. The van der Waals surface area contributed by atoms with Gasteiger partial charge in [-0.15, -0.1) is 0 Å². The number of ether oxygens (including phenoxy) is 2. The van der Waals surface area contributed by atoms with Crippen LogP contribution in [0.4, 0.5) is 0 Å². The maximum Gasteiger partial charge on any atom is 0.0700 e. The standard InChI is InChI=1S/C12H27NO2/c1-11(12(2)10-13-3)6-5-7-15-9-8-14-4/h11-13H,5-10H2,1-4H3. The lowest BCUT2D eigenvalue weighted by Gasteiger charge is -2.19. The van der Waals surface area contributed by atoms with Gasteiger partial charge in [-0.2, -0.15) is 0 Å². The third-order valence-corrected chi connectivity index (χ3v) is 2.88. The third-order valence-electron chi connectivity index (χ3n) is 2.88. The van der Waals surface area contributed by atoms with Gasteiger partial charge in [0, 0.05) is 13.7 Å². The quantitative estimate of drug-likeness (QED) is 0.567. The van der Waals surface area contributed by atoms with Crippen LogP contribution < -0.4 is 5.32 Å². The molecule has 0 aliphatic heterocycles. The van der Waals surface area contributed by atoms with Crippen LogP contribution >= 0.6 is 0 Å². The Balaban J connectivity index is 3.26. The molecule has 0 radical (unpaired) electrons. The number of hydrogen-bond acceptors (Lipinski definition) is 3. The smallest absolute Gasteiger partial charge is 0.0700 e. The summed E-state index contributed by atoms with van der Waals surface area (Å²) in [5.74, 6) is 1.51. The fourth-order valence-corrected chi connectivity index (χ4v) is 1.56. The maximum absolute atomic E-state index is 5.42. The van der Waals surface area contributed by atoms with Crippen LogP contribution in [0.25, 0.3) is 0 Å². The van der Waals surface area contributed by atoms with Gasteiger partial charge in [-0.05, 0) is 38.3 Å². The molecule has 0 bridgehead atoms. The molecule has 0 saturated carbocycles. The van der Waals surface area contributed by atoms with Crippen LogP contribution in [0, 0.1) is 11.8 Å². The van der Waals surface area contributed by atoms with Gasteiger partial charge < -0.3 is 14.8 Å². The van der Waals surface area contributed by atoms with Crippen molar-refractivity contribution >= 4 is 0 Å². The Kier molecular flexibility index (Phi) is 10.3. The van der Waals surface area contributed by atoms with Crippen molar-refractivity contribution in [2.24, 2.45) is 11.8 Å². The first-order valence-electron chi connectivity index (χ1n) is 5.93. The first-order valence-corrected chi connectivity index (χ1v) is 5.93. The maximum atomic E-state index is 5.42. The van der Waals surface area contributed by atoms with Gasteiger partial charge in [0.25, 0.3) is 0 Å². The van der Waals surface area contributed by atoms with Gasteiger partial charge in [0.2, 0.25) is 0 Å². The molecule has 1 N–H and O–H groups in total. The van der Waals surface area contributed by atoms with Gasteiger partial charge >= 0.3 is 0 Å². The Hall–Kier alpha value is -0.120. The van der Waals surface area contributed by atoms with Crippen molar-refractivity contribution in [3.05, 3.63) is 0 Å². The lowest BCUT2D eigenvalue weighted by Crippen LogP contribution is -2.22.